The number of hydrogen-bond donors (Lipinski definition) is 2. The topological polar surface area (TPSA) is 62.2 Å². The van der Waals surface area contributed by atoms with E-state index in [9.17, 15) is 10.2 Å². The molecule has 6 atom stereocenters. The Balaban J connectivity index is 1.27. The van der Waals surface area contributed by atoms with Crippen LogP contribution in [0.4, 0.5) is 0 Å². The van der Waals surface area contributed by atoms with E-state index in [0.717, 1.165) is 12.8 Å². The molecule has 4 aliphatic rings. The molecule has 240 valence electrons. The van der Waals surface area contributed by atoms with Gasteiger partial charge in [-0.3, -0.25) is 0 Å². The van der Waals surface area contributed by atoms with Gasteiger partial charge in [0.1, 0.15) is 11.2 Å². The number of aliphatic hydroxyl groups is 2. The highest BCUT2D eigenvalue weighted by Crippen LogP contribution is 2.66. The van der Waals surface area contributed by atoms with E-state index >= 15 is 0 Å². The molecule has 2 saturated carbocycles. The lowest BCUT2D eigenvalue weighted by Gasteiger charge is -2.44. The van der Waals surface area contributed by atoms with Gasteiger partial charge in [-0.05, 0) is 83.1 Å². The van der Waals surface area contributed by atoms with E-state index in [0.29, 0.717) is 12.8 Å². The first kappa shape index (κ1) is 34.4. The Kier molecular flexibility index (Phi) is 9.93. The number of fused-ring (bicyclic) bond motifs is 2. The van der Waals surface area contributed by atoms with Crippen LogP contribution in [0.15, 0.2) is 107 Å². The molecule has 2 N–H and O–H groups in total. The third-order valence-corrected chi connectivity index (χ3v) is 10.2. The van der Waals surface area contributed by atoms with Crippen LogP contribution < -0.4 is 0 Å². The van der Waals surface area contributed by atoms with Gasteiger partial charge >= 0.3 is 0 Å². The zero-order valence-electron chi connectivity index (χ0n) is 28.8. The molecule has 0 aromatic heterocycles. The molecule has 2 aliphatic carbocycles. The first-order valence-corrected chi connectivity index (χ1v) is 16.3. The lowest BCUT2D eigenvalue weighted by Crippen LogP contribution is -2.46. The predicted molar refractivity (Wildman–Crippen MR) is 183 cm³/mol. The number of aliphatic hydroxyl groups excluding tert-OH is 2. The van der Waals surface area contributed by atoms with Crippen molar-refractivity contribution in [2.24, 2.45) is 10.8 Å². The minimum absolute atomic E-state index is 0.0500. The average Bonchev–Trinajstić information content (AvgIpc) is 3.34. The summed E-state index contributed by atoms with van der Waals surface area (Å²) in [5.41, 5.74) is 4.89. The Hall–Kier alpha value is -2.50. The highest BCUT2D eigenvalue weighted by atomic mass is 16.6. The van der Waals surface area contributed by atoms with Gasteiger partial charge in [0.2, 0.25) is 0 Å². The predicted octanol–water partition coefficient (Wildman–Crippen LogP) is 8.97. The second-order valence-corrected chi connectivity index (χ2v) is 15.4. The minimum atomic E-state index is -0.385. The Morgan fingerprint density at radius 3 is 1.86 bits per heavy atom. The summed E-state index contributed by atoms with van der Waals surface area (Å²) in [5, 5.41) is 20.6. The summed E-state index contributed by atoms with van der Waals surface area (Å²) in [6, 6.07) is 0. The van der Waals surface area contributed by atoms with Crippen molar-refractivity contribution in [3.63, 3.8) is 0 Å². The van der Waals surface area contributed by atoms with E-state index in [1.807, 2.05) is 0 Å². The molecule has 4 nitrogen and oxygen atoms in total. The minimum Gasteiger partial charge on any atom is -0.393 e. The molecule has 1 saturated heterocycles. The van der Waals surface area contributed by atoms with Crippen LogP contribution in [-0.2, 0) is 9.47 Å². The maximum absolute atomic E-state index is 10.4. The van der Waals surface area contributed by atoms with Gasteiger partial charge in [0, 0.05) is 18.3 Å². The molecule has 44 heavy (non-hydrogen) atoms. The van der Waals surface area contributed by atoms with Gasteiger partial charge in [-0.15, -0.1) is 0 Å². The summed E-state index contributed by atoms with van der Waals surface area (Å²) in [6.07, 6.45) is 29.9. The SMILES string of the molecule is CC(C=CC=C(C)C=CC12OC1(C)CC(O)CC2(C)C)=CC=CC=C(C)C=CC=C(C)C1C=C2C(C)(C)CC(O)CC2(C)O1. The summed E-state index contributed by atoms with van der Waals surface area (Å²) in [5.74, 6) is 0. The second kappa shape index (κ2) is 12.7. The zero-order chi connectivity index (χ0) is 32.6. The van der Waals surface area contributed by atoms with Crippen molar-refractivity contribution >= 4 is 0 Å². The highest BCUT2D eigenvalue weighted by Gasteiger charge is 2.74. The van der Waals surface area contributed by atoms with Crippen molar-refractivity contribution in [1.29, 1.82) is 0 Å². The van der Waals surface area contributed by atoms with Crippen molar-refractivity contribution in [1.82, 2.24) is 0 Å². The third-order valence-electron chi connectivity index (χ3n) is 10.2. The van der Waals surface area contributed by atoms with Gasteiger partial charge in [-0.1, -0.05) is 111 Å². The molecule has 4 heteroatoms. The second-order valence-electron chi connectivity index (χ2n) is 15.4. The van der Waals surface area contributed by atoms with E-state index < -0.39 is 0 Å². The molecule has 2 aliphatic heterocycles. The molecule has 0 bridgehead atoms. The molecule has 0 amide bonds. The van der Waals surface area contributed by atoms with Gasteiger partial charge in [0.25, 0.3) is 0 Å². The first-order valence-electron chi connectivity index (χ1n) is 16.3. The van der Waals surface area contributed by atoms with Gasteiger partial charge < -0.3 is 19.7 Å². The molecule has 0 aromatic rings. The molecule has 0 aromatic carbocycles. The summed E-state index contributed by atoms with van der Waals surface area (Å²) < 4.78 is 12.7. The number of allylic oxidation sites excluding steroid dienone is 14. The fourth-order valence-electron chi connectivity index (χ4n) is 7.95. The zero-order valence-corrected chi connectivity index (χ0v) is 28.8. The normalized spacial score (nSPS) is 37.7. The van der Waals surface area contributed by atoms with Gasteiger partial charge in [-0.25, -0.2) is 0 Å². The standard InChI is InChI=1S/C40H56O4/c1-28(17-13-18-30(3)21-22-40-37(7,8)25-33(42)27-39(40,10)44-40)15-11-12-16-29(2)19-14-20-31(4)34-23-35-36(5,6)24-32(41)26-38(35,9)43-34/h11-23,32-34,41-42H,24-27H2,1-10H3. The fraction of sp³-hybridized carbons (Fsp3) is 0.550. The molecule has 0 radical (unpaired) electrons. The lowest BCUT2D eigenvalue weighted by molar-refractivity contribution is -0.0683. The Morgan fingerprint density at radius 2 is 1.25 bits per heavy atom. The lowest BCUT2D eigenvalue weighted by atomic mass is 9.63. The molecule has 4 rings (SSSR count). The molecule has 3 fully saturated rings. The summed E-state index contributed by atoms with van der Waals surface area (Å²) in [6.45, 7) is 21.5. The van der Waals surface area contributed by atoms with Crippen molar-refractivity contribution in [2.75, 3.05) is 0 Å². The Labute approximate surface area is 267 Å². The van der Waals surface area contributed by atoms with E-state index in [1.165, 1.54) is 27.9 Å². The number of rotatable bonds is 9. The van der Waals surface area contributed by atoms with Crippen molar-refractivity contribution < 1.29 is 19.7 Å². The number of hydrogen-bond acceptors (Lipinski definition) is 4. The van der Waals surface area contributed by atoms with Gasteiger partial charge in [0.05, 0.1) is 23.9 Å². The van der Waals surface area contributed by atoms with Crippen LogP contribution in [0.2, 0.25) is 0 Å². The van der Waals surface area contributed by atoms with Crippen LogP contribution >= 0.6 is 0 Å². The average molecular weight is 601 g/mol. The van der Waals surface area contributed by atoms with E-state index in [2.05, 4.69) is 148 Å². The quantitative estimate of drug-likeness (QED) is 0.158. The van der Waals surface area contributed by atoms with E-state index in [1.54, 1.807) is 0 Å². The molecular weight excluding hydrogens is 544 g/mol. The molecule has 2 heterocycles. The summed E-state index contributed by atoms with van der Waals surface area (Å²) >= 11 is 0. The maximum atomic E-state index is 10.4. The number of epoxide rings is 1. The van der Waals surface area contributed by atoms with Crippen molar-refractivity contribution in [3.05, 3.63) is 107 Å². The van der Waals surface area contributed by atoms with Crippen LogP contribution in [0.3, 0.4) is 0 Å². The summed E-state index contributed by atoms with van der Waals surface area (Å²) in [4.78, 5) is 0. The Morgan fingerprint density at radius 1 is 0.705 bits per heavy atom. The van der Waals surface area contributed by atoms with Gasteiger partial charge in [-0.2, -0.15) is 0 Å². The first-order chi connectivity index (χ1) is 20.4. The van der Waals surface area contributed by atoms with Crippen LogP contribution in [0.1, 0.15) is 94.9 Å². The number of ether oxygens (including phenoxy) is 2. The van der Waals surface area contributed by atoms with E-state index in [4.69, 9.17) is 9.47 Å². The van der Waals surface area contributed by atoms with Crippen molar-refractivity contribution in [3.8, 4) is 0 Å². The summed E-state index contributed by atoms with van der Waals surface area (Å²) in [7, 11) is 0. The molecule has 0 spiro atoms. The smallest absolute Gasteiger partial charge is 0.121 e. The van der Waals surface area contributed by atoms with Crippen LogP contribution in [0, 0.1) is 10.8 Å². The highest BCUT2D eigenvalue weighted by molar-refractivity contribution is 5.38. The van der Waals surface area contributed by atoms with Crippen LogP contribution in [0.5, 0.6) is 0 Å². The van der Waals surface area contributed by atoms with Gasteiger partial charge in [0.15, 0.2) is 0 Å². The molecule has 6 unspecified atom stereocenters. The maximum Gasteiger partial charge on any atom is 0.121 e. The largest absolute Gasteiger partial charge is 0.393 e. The van der Waals surface area contributed by atoms with Crippen molar-refractivity contribution in [2.45, 2.75) is 130 Å². The fourth-order valence-corrected chi connectivity index (χ4v) is 7.95. The Bertz CT molecular complexity index is 1380. The third kappa shape index (κ3) is 7.31. The molecular formula is C40H56O4. The van der Waals surface area contributed by atoms with Crippen LogP contribution in [0.25, 0.3) is 0 Å². The monoisotopic (exact) mass is 600 g/mol. The van der Waals surface area contributed by atoms with E-state index in [-0.39, 0.29) is 45.9 Å². The van der Waals surface area contributed by atoms with Crippen LogP contribution in [-0.4, -0.2) is 45.3 Å².